The molecule has 0 unspecified atom stereocenters. The highest BCUT2D eigenvalue weighted by Crippen LogP contribution is 2.24. The van der Waals surface area contributed by atoms with Gasteiger partial charge < -0.3 is 9.73 Å². The Kier molecular flexibility index (Phi) is 5.85. The van der Waals surface area contributed by atoms with Gasteiger partial charge in [0.1, 0.15) is 12.3 Å². The molecule has 1 saturated heterocycles. The second-order valence-corrected chi connectivity index (χ2v) is 7.51. The third-order valence-corrected chi connectivity index (χ3v) is 5.70. The number of benzene rings is 1. The summed E-state index contributed by atoms with van der Waals surface area (Å²) in [6.07, 6.45) is 3.90. The Morgan fingerprint density at radius 2 is 1.87 bits per heavy atom. The molecule has 0 spiro atoms. The van der Waals surface area contributed by atoms with Gasteiger partial charge >= 0.3 is 5.69 Å². The second kappa shape index (κ2) is 8.71. The van der Waals surface area contributed by atoms with Crippen molar-refractivity contribution in [3.63, 3.8) is 0 Å². The van der Waals surface area contributed by atoms with E-state index in [0.717, 1.165) is 36.3 Å². The van der Waals surface area contributed by atoms with Crippen LogP contribution in [0.1, 0.15) is 31.6 Å². The molecular weight excluding hydrogens is 384 g/mol. The lowest BCUT2D eigenvalue weighted by molar-refractivity contribution is -0.121. The van der Waals surface area contributed by atoms with Crippen LogP contribution in [-0.4, -0.2) is 39.6 Å². The molecule has 1 fully saturated rings. The van der Waals surface area contributed by atoms with Crippen molar-refractivity contribution in [2.24, 2.45) is 0 Å². The van der Waals surface area contributed by atoms with Crippen molar-refractivity contribution >= 4 is 16.8 Å². The van der Waals surface area contributed by atoms with Crippen molar-refractivity contribution in [3.05, 3.63) is 69.3 Å². The Morgan fingerprint density at radius 3 is 2.57 bits per heavy atom. The zero-order valence-corrected chi connectivity index (χ0v) is 17.0. The van der Waals surface area contributed by atoms with Gasteiger partial charge in [0.25, 0.3) is 5.56 Å². The Labute approximate surface area is 173 Å². The van der Waals surface area contributed by atoms with Gasteiger partial charge in [-0.3, -0.25) is 23.6 Å². The van der Waals surface area contributed by atoms with E-state index in [0.29, 0.717) is 17.4 Å². The van der Waals surface area contributed by atoms with Crippen molar-refractivity contribution in [2.45, 2.75) is 38.9 Å². The number of fused-ring (bicyclic) bond motifs is 1. The van der Waals surface area contributed by atoms with Crippen LogP contribution in [0.5, 0.6) is 0 Å². The molecule has 4 rings (SSSR count). The first-order valence-corrected chi connectivity index (χ1v) is 10.4. The molecule has 30 heavy (non-hydrogen) atoms. The van der Waals surface area contributed by atoms with Crippen LogP contribution < -0.4 is 16.6 Å². The summed E-state index contributed by atoms with van der Waals surface area (Å²) < 4.78 is 8.12. The molecule has 3 aromatic rings. The van der Waals surface area contributed by atoms with Gasteiger partial charge in [0.05, 0.1) is 23.2 Å². The minimum atomic E-state index is -0.474. The van der Waals surface area contributed by atoms with Gasteiger partial charge in [-0.1, -0.05) is 12.1 Å². The predicted molar refractivity (Wildman–Crippen MR) is 113 cm³/mol. The van der Waals surface area contributed by atoms with Gasteiger partial charge in [0.15, 0.2) is 0 Å². The summed E-state index contributed by atoms with van der Waals surface area (Å²) in [4.78, 5) is 40.4. The molecule has 1 aromatic carbocycles. The van der Waals surface area contributed by atoms with Crippen LogP contribution in [0.3, 0.4) is 0 Å². The highest BCUT2D eigenvalue weighted by Gasteiger charge is 2.26. The van der Waals surface area contributed by atoms with Crippen LogP contribution in [0.25, 0.3) is 10.9 Å². The lowest BCUT2D eigenvalue weighted by atomic mass is 10.2. The third-order valence-electron chi connectivity index (χ3n) is 5.70. The minimum absolute atomic E-state index is 0.0375. The average molecular weight is 410 g/mol. The Morgan fingerprint density at radius 1 is 1.10 bits per heavy atom. The van der Waals surface area contributed by atoms with Gasteiger partial charge in [-0.25, -0.2) is 4.79 Å². The van der Waals surface area contributed by atoms with Gasteiger partial charge in [-0.05, 0) is 57.1 Å². The Balaban J connectivity index is 1.56. The molecule has 0 saturated carbocycles. The van der Waals surface area contributed by atoms with E-state index in [1.807, 2.05) is 12.1 Å². The molecule has 0 radical (unpaired) electrons. The van der Waals surface area contributed by atoms with Crippen molar-refractivity contribution in [1.29, 1.82) is 0 Å². The maximum Gasteiger partial charge on any atom is 0.331 e. The van der Waals surface area contributed by atoms with E-state index in [1.54, 1.807) is 37.5 Å². The fourth-order valence-electron chi connectivity index (χ4n) is 4.16. The fraction of sp³-hybridized carbons (Fsp3) is 0.409. The molecule has 0 aliphatic carbocycles. The molecule has 1 N–H and O–H groups in total. The number of hydrogen-bond acceptors (Lipinski definition) is 5. The number of para-hydroxylation sites is 1. The summed E-state index contributed by atoms with van der Waals surface area (Å²) in [5, 5.41) is 3.38. The summed E-state index contributed by atoms with van der Waals surface area (Å²) in [7, 11) is 0. The normalized spacial score (nSPS) is 15.5. The average Bonchev–Trinajstić information content (AvgIpc) is 3.47. The number of carbonyl (C=O) groups excluding carboxylic acids is 1. The topological polar surface area (TPSA) is 89.5 Å². The van der Waals surface area contributed by atoms with Gasteiger partial charge in [-0.15, -0.1) is 0 Å². The first-order valence-electron chi connectivity index (χ1n) is 10.4. The largest absolute Gasteiger partial charge is 0.468 e. The van der Waals surface area contributed by atoms with Crippen LogP contribution in [0.2, 0.25) is 0 Å². The zero-order chi connectivity index (χ0) is 21.1. The Hall–Kier alpha value is -3.13. The van der Waals surface area contributed by atoms with Crippen LogP contribution in [-0.2, 0) is 17.9 Å². The second-order valence-electron chi connectivity index (χ2n) is 7.51. The number of likely N-dealkylation sites (tertiary alicyclic amines) is 1. The number of aromatic nitrogens is 2. The number of nitrogens with one attached hydrogen (secondary N) is 1. The molecule has 1 aliphatic heterocycles. The van der Waals surface area contributed by atoms with Crippen molar-refractivity contribution in [2.75, 3.05) is 19.6 Å². The molecule has 1 aliphatic rings. The van der Waals surface area contributed by atoms with Gasteiger partial charge in [0, 0.05) is 13.1 Å². The van der Waals surface area contributed by atoms with E-state index in [2.05, 4.69) is 10.2 Å². The summed E-state index contributed by atoms with van der Waals surface area (Å²) in [5.74, 6) is 0.540. The SMILES string of the molecule is CCn1c(=O)c2ccccc2n(CC(=O)NC[C@H](c2ccco2)N2CCCC2)c1=O. The van der Waals surface area contributed by atoms with E-state index >= 15 is 0 Å². The van der Waals surface area contributed by atoms with Crippen LogP contribution in [0.4, 0.5) is 0 Å². The first-order chi connectivity index (χ1) is 14.6. The summed E-state index contributed by atoms with van der Waals surface area (Å²) >= 11 is 0. The number of amides is 1. The van der Waals surface area contributed by atoms with E-state index in [4.69, 9.17) is 4.42 Å². The number of hydrogen-bond donors (Lipinski definition) is 1. The summed E-state index contributed by atoms with van der Waals surface area (Å²) in [6.45, 7) is 4.17. The maximum absolute atomic E-state index is 12.8. The molecule has 0 bridgehead atoms. The standard InChI is InChI=1S/C22H26N4O4/c1-2-25-21(28)16-8-3-4-9-17(16)26(22(25)29)15-20(27)23-14-18(19-10-7-13-30-19)24-11-5-6-12-24/h3-4,7-10,13,18H,2,5-6,11-12,14-15H2,1H3,(H,23,27)/t18-/m1/s1. The highest BCUT2D eigenvalue weighted by molar-refractivity contribution is 5.81. The lowest BCUT2D eigenvalue weighted by Gasteiger charge is -2.26. The summed E-state index contributed by atoms with van der Waals surface area (Å²) in [5.41, 5.74) is -0.338. The highest BCUT2D eigenvalue weighted by atomic mass is 16.3. The van der Waals surface area contributed by atoms with Gasteiger partial charge in [0.2, 0.25) is 5.91 Å². The van der Waals surface area contributed by atoms with E-state index in [-0.39, 0.29) is 30.6 Å². The van der Waals surface area contributed by atoms with E-state index < -0.39 is 5.69 Å². The minimum Gasteiger partial charge on any atom is -0.468 e. The number of furan rings is 1. The smallest absolute Gasteiger partial charge is 0.331 e. The fourth-order valence-corrected chi connectivity index (χ4v) is 4.16. The zero-order valence-electron chi connectivity index (χ0n) is 17.0. The molecular formula is C22H26N4O4. The predicted octanol–water partition coefficient (Wildman–Crippen LogP) is 1.73. The van der Waals surface area contributed by atoms with Crippen LogP contribution in [0.15, 0.2) is 56.7 Å². The van der Waals surface area contributed by atoms with Crippen molar-refractivity contribution in [3.8, 4) is 0 Å². The quantitative estimate of drug-likeness (QED) is 0.641. The number of carbonyl (C=O) groups is 1. The first kappa shape index (κ1) is 20.2. The van der Waals surface area contributed by atoms with Crippen molar-refractivity contribution in [1.82, 2.24) is 19.4 Å². The van der Waals surface area contributed by atoms with E-state index in [9.17, 15) is 14.4 Å². The molecule has 3 heterocycles. The van der Waals surface area contributed by atoms with Crippen molar-refractivity contribution < 1.29 is 9.21 Å². The molecule has 8 heteroatoms. The maximum atomic E-state index is 12.8. The molecule has 1 amide bonds. The van der Waals surface area contributed by atoms with E-state index in [1.165, 1.54) is 4.57 Å². The number of nitrogens with zero attached hydrogens (tertiary/aromatic N) is 3. The third kappa shape index (κ3) is 3.82. The summed E-state index contributed by atoms with van der Waals surface area (Å²) in [6, 6.07) is 10.6. The monoisotopic (exact) mass is 410 g/mol. The van der Waals surface area contributed by atoms with Crippen LogP contribution in [0, 0.1) is 0 Å². The lowest BCUT2D eigenvalue weighted by Crippen LogP contribution is -2.43. The number of rotatable bonds is 7. The van der Waals surface area contributed by atoms with Crippen LogP contribution >= 0.6 is 0 Å². The molecule has 158 valence electrons. The Bertz CT molecular complexity index is 1140. The molecule has 1 atom stereocenters. The van der Waals surface area contributed by atoms with Gasteiger partial charge in [-0.2, -0.15) is 0 Å². The molecule has 2 aromatic heterocycles. The molecule has 8 nitrogen and oxygen atoms in total.